The Morgan fingerprint density at radius 3 is 2.51 bits per heavy atom. The maximum absolute atomic E-state index is 13.8. The van der Waals surface area contributed by atoms with E-state index in [0.29, 0.717) is 29.1 Å². The highest BCUT2D eigenvalue weighted by Gasteiger charge is 2.23. The maximum atomic E-state index is 13.8. The van der Waals surface area contributed by atoms with Gasteiger partial charge in [0, 0.05) is 26.1 Å². The lowest BCUT2D eigenvalue weighted by Crippen LogP contribution is -2.49. The van der Waals surface area contributed by atoms with Gasteiger partial charge in [-0.2, -0.15) is 0 Å². The Kier molecular flexibility index (Phi) is 8.63. The van der Waals surface area contributed by atoms with Crippen LogP contribution in [0, 0.1) is 18.6 Å². The molecule has 0 aliphatic rings. The highest BCUT2D eigenvalue weighted by molar-refractivity contribution is 5.81. The molecule has 0 unspecified atom stereocenters. The molecule has 1 amide bonds. The molecule has 4 aromatic rings. The van der Waals surface area contributed by atoms with Gasteiger partial charge in [0.15, 0.2) is 11.5 Å². The summed E-state index contributed by atoms with van der Waals surface area (Å²) in [4.78, 5) is 17.2. The lowest BCUT2D eigenvalue weighted by Gasteiger charge is -2.25. The fraction of sp³-hybridized carbons (Fsp3) is 0.310. The first-order valence-corrected chi connectivity index (χ1v) is 12.4. The van der Waals surface area contributed by atoms with Gasteiger partial charge >= 0.3 is 0 Å². The van der Waals surface area contributed by atoms with Gasteiger partial charge < -0.3 is 20.2 Å². The quantitative estimate of drug-likeness (QED) is 0.280. The van der Waals surface area contributed by atoms with Crippen LogP contribution in [0.15, 0.2) is 65.1 Å². The predicted octanol–water partition coefficient (Wildman–Crippen LogP) is 4.40. The van der Waals surface area contributed by atoms with Gasteiger partial charge in [0.05, 0.1) is 18.6 Å². The minimum absolute atomic E-state index is 0.0554. The topological polar surface area (TPSA) is 87.4 Å². The number of hydrogen-bond donors (Lipinski definition) is 3. The van der Waals surface area contributed by atoms with E-state index in [-0.39, 0.29) is 25.3 Å². The second kappa shape index (κ2) is 12.1. The highest BCUT2D eigenvalue weighted by atomic mass is 19.1. The Morgan fingerprint density at radius 1 is 1.00 bits per heavy atom. The molecule has 1 aromatic heterocycles. The number of carbonyl (C=O) groups is 1. The Balaban J connectivity index is 1.43. The van der Waals surface area contributed by atoms with Gasteiger partial charge in [-0.25, -0.2) is 13.8 Å². The number of nitrogens with one attached hydrogen (secondary N) is 2. The lowest BCUT2D eigenvalue weighted by molar-refractivity contribution is -0.122. The van der Waals surface area contributed by atoms with Gasteiger partial charge in [0.2, 0.25) is 5.91 Å². The molecule has 3 aromatic carbocycles. The largest absolute Gasteiger partial charge is 0.441 e. The zero-order chi connectivity index (χ0) is 26.4. The molecule has 0 saturated carbocycles. The monoisotopic (exact) mass is 507 g/mol. The van der Waals surface area contributed by atoms with Gasteiger partial charge in [-0.05, 0) is 59.4 Å². The third-order valence-corrected chi connectivity index (χ3v) is 6.19. The molecule has 194 valence electrons. The summed E-state index contributed by atoms with van der Waals surface area (Å²) in [6, 6.07) is 15.9. The SMILES string of the molecule is CCc1cccc(CNC[C@@H](O)[C@H](Cc2cc(F)cc(F)c2)NC(=O)Cc2ccc3oc(C)nc3c2)c1. The first-order valence-electron chi connectivity index (χ1n) is 12.4. The number of rotatable bonds is 11. The second-order valence-electron chi connectivity index (χ2n) is 9.24. The summed E-state index contributed by atoms with van der Waals surface area (Å²) in [5.41, 5.74) is 4.67. The molecule has 0 bridgehead atoms. The lowest BCUT2D eigenvalue weighted by atomic mass is 10.00. The number of fused-ring (bicyclic) bond motifs is 1. The van der Waals surface area contributed by atoms with Crippen LogP contribution in [0.2, 0.25) is 0 Å². The molecule has 6 nitrogen and oxygen atoms in total. The molecule has 4 rings (SSSR count). The summed E-state index contributed by atoms with van der Waals surface area (Å²) >= 11 is 0. The summed E-state index contributed by atoms with van der Waals surface area (Å²) in [7, 11) is 0. The molecule has 0 saturated heterocycles. The van der Waals surface area contributed by atoms with Crippen LogP contribution in [0.25, 0.3) is 11.1 Å². The Bertz CT molecular complexity index is 1350. The molecule has 37 heavy (non-hydrogen) atoms. The van der Waals surface area contributed by atoms with E-state index in [4.69, 9.17) is 4.42 Å². The van der Waals surface area contributed by atoms with E-state index in [1.54, 1.807) is 25.1 Å². The molecule has 0 radical (unpaired) electrons. The minimum Gasteiger partial charge on any atom is -0.441 e. The zero-order valence-corrected chi connectivity index (χ0v) is 20.9. The van der Waals surface area contributed by atoms with E-state index < -0.39 is 23.8 Å². The fourth-order valence-corrected chi connectivity index (χ4v) is 4.37. The number of benzene rings is 3. The maximum Gasteiger partial charge on any atom is 0.224 e. The number of amides is 1. The van der Waals surface area contributed by atoms with Crippen molar-refractivity contribution in [3.63, 3.8) is 0 Å². The summed E-state index contributed by atoms with van der Waals surface area (Å²) in [6.07, 6.45) is 0.0544. The Hall–Kier alpha value is -3.62. The number of aryl methyl sites for hydroxylation is 2. The first kappa shape index (κ1) is 26.4. The van der Waals surface area contributed by atoms with E-state index in [0.717, 1.165) is 23.6 Å². The van der Waals surface area contributed by atoms with E-state index >= 15 is 0 Å². The van der Waals surface area contributed by atoms with E-state index in [1.165, 1.54) is 17.7 Å². The van der Waals surface area contributed by atoms with E-state index in [9.17, 15) is 18.7 Å². The van der Waals surface area contributed by atoms with Crippen molar-refractivity contribution in [1.82, 2.24) is 15.6 Å². The van der Waals surface area contributed by atoms with E-state index in [1.807, 2.05) is 12.1 Å². The van der Waals surface area contributed by atoms with Crippen LogP contribution in [0.3, 0.4) is 0 Å². The van der Waals surface area contributed by atoms with Crippen molar-refractivity contribution < 1.29 is 23.1 Å². The van der Waals surface area contributed by atoms with Gasteiger partial charge in [-0.3, -0.25) is 4.79 Å². The van der Waals surface area contributed by atoms with E-state index in [2.05, 4.69) is 34.7 Å². The molecular formula is C29H31F2N3O3. The predicted molar refractivity (Wildman–Crippen MR) is 138 cm³/mol. The van der Waals surface area contributed by atoms with Crippen molar-refractivity contribution >= 4 is 17.0 Å². The summed E-state index contributed by atoms with van der Waals surface area (Å²) in [6.45, 7) is 4.56. The van der Waals surface area contributed by atoms with Crippen LogP contribution in [-0.4, -0.2) is 34.7 Å². The third-order valence-electron chi connectivity index (χ3n) is 6.19. The van der Waals surface area contributed by atoms with Crippen LogP contribution in [-0.2, 0) is 30.6 Å². The molecule has 8 heteroatoms. The van der Waals surface area contributed by atoms with Crippen LogP contribution >= 0.6 is 0 Å². The zero-order valence-electron chi connectivity index (χ0n) is 20.9. The molecule has 3 N–H and O–H groups in total. The van der Waals surface area contributed by atoms with Crippen molar-refractivity contribution in [2.75, 3.05) is 6.54 Å². The van der Waals surface area contributed by atoms with Crippen molar-refractivity contribution in [2.24, 2.45) is 0 Å². The first-order chi connectivity index (χ1) is 17.8. The van der Waals surface area contributed by atoms with Gasteiger partial charge in [-0.15, -0.1) is 0 Å². The summed E-state index contributed by atoms with van der Waals surface area (Å²) < 4.78 is 33.1. The number of nitrogens with zero attached hydrogens (tertiary/aromatic N) is 1. The van der Waals surface area contributed by atoms with Crippen molar-refractivity contribution in [2.45, 2.75) is 51.8 Å². The number of aromatic nitrogens is 1. The number of aliphatic hydroxyl groups excluding tert-OH is 1. The molecular weight excluding hydrogens is 476 g/mol. The average Bonchev–Trinajstić information content (AvgIpc) is 3.22. The number of aliphatic hydroxyl groups is 1. The molecule has 0 aliphatic carbocycles. The average molecular weight is 508 g/mol. The normalized spacial score (nSPS) is 13.0. The summed E-state index contributed by atoms with van der Waals surface area (Å²) in [5.74, 6) is -1.20. The van der Waals surface area contributed by atoms with Gasteiger partial charge in [0.1, 0.15) is 17.2 Å². The fourth-order valence-electron chi connectivity index (χ4n) is 4.37. The standard InChI is InChI=1S/C29H31F2N3O3/c1-3-19-5-4-6-21(9-19)16-32-17-27(35)25(13-22-10-23(30)15-24(31)11-22)34-29(36)14-20-7-8-28-26(12-20)33-18(2)37-28/h4-12,15,25,27,32,35H,3,13-14,16-17H2,1-2H3,(H,34,36)/t25-,27+/m0/s1. The van der Waals surface area contributed by atoms with Crippen molar-refractivity contribution in [1.29, 1.82) is 0 Å². The van der Waals surface area contributed by atoms with Crippen LogP contribution in [0.1, 0.15) is 35.1 Å². The number of oxazole rings is 1. The number of carbonyl (C=O) groups excluding carboxylic acids is 1. The summed E-state index contributed by atoms with van der Waals surface area (Å²) in [5, 5.41) is 17.0. The molecule has 0 aliphatic heterocycles. The third kappa shape index (κ3) is 7.44. The van der Waals surface area contributed by atoms with Crippen molar-refractivity contribution in [3.8, 4) is 0 Å². The molecule has 2 atom stereocenters. The number of hydrogen-bond acceptors (Lipinski definition) is 5. The Labute approximate surface area is 214 Å². The van der Waals surface area contributed by atoms with Crippen LogP contribution in [0.5, 0.6) is 0 Å². The smallest absolute Gasteiger partial charge is 0.224 e. The Morgan fingerprint density at radius 2 is 1.76 bits per heavy atom. The second-order valence-corrected chi connectivity index (χ2v) is 9.24. The van der Waals surface area contributed by atoms with Gasteiger partial charge in [0.25, 0.3) is 0 Å². The van der Waals surface area contributed by atoms with Crippen LogP contribution in [0.4, 0.5) is 8.78 Å². The van der Waals surface area contributed by atoms with Gasteiger partial charge in [-0.1, -0.05) is 37.3 Å². The van der Waals surface area contributed by atoms with Crippen molar-refractivity contribution in [3.05, 3.63) is 100 Å². The number of halogens is 2. The molecule has 0 spiro atoms. The molecule has 1 heterocycles. The highest BCUT2D eigenvalue weighted by Crippen LogP contribution is 2.18. The van der Waals surface area contributed by atoms with Crippen LogP contribution < -0.4 is 10.6 Å². The molecule has 0 fully saturated rings. The minimum atomic E-state index is -0.995.